The summed E-state index contributed by atoms with van der Waals surface area (Å²) in [5, 5.41) is 8.55. The van der Waals surface area contributed by atoms with Gasteiger partial charge in [-0.25, -0.2) is 4.98 Å². The van der Waals surface area contributed by atoms with Crippen LogP contribution < -0.4 is 26.8 Å². The van der Waals surface area contributed by atoms with Crippen molar-refractivity contribution < 1.29 is 4.79 Å². The molecule has 3 rings (SSSR count). The van der Waals surface area contributed by atoms with Gasteiger partial charge in [-0.2, -0.15) is 0 Å². The highest BCUT2D eigenvalue weighted by Gasteiger charge is 2.23. The highest BCUT2D eigenvalue weighted by molar-refractivity contribution is 5.98. The SMILES string of the molecule is C=CC(=O)Nc1cc(Nc2c(N[C@H](C)c3ccccc3)c(=O)c2=O)ccn1. The molecule has 0 fully saturated rings. The molecule has 3 aromatic rings. The monoisotopic (exact) mass is 362 g/mol. The number of nitrogens with one attached hydrogen (secondary N) is 3. The molecule has 1 atom stereocenters. The normalized spacial score (nSPS) is 11.6. The first-order valence-electron chi connectivity index (χ1n) is 8.31. The second-order valence-electron chi connectivity index (χ2n) is 5.93. The third-order valence-electron chi connectivity index (χ3n) is 4.04. The maximum atomic E-state index is 12.0. The molecule has 0 saturated heterocycles. The zero-order chi connectivity index (χ0) is 19.4. The van der Waals surface area contributed by atoms with E-state index >= 15 is 0 Å². The maximum absolute atomic E-state index is 12.0. The van der Waals surface area contributed by atoms with Crippen molar-refractivity contribution in [3.63, 3.8) is 0 Å². The fraction of sp³-hybridized carbons (Fsp3) is 0.100. The Kier molecular flexibility index (Phi) is 5.12. The standard InChI is InChI=1S/C20H18N4O3/c1-3-16(25)24-15-11-14(9-10-21-15)23-18-17(19(26)20(18)27)22-12(2)13-7-5-4-6-8-13/h3-12,22H,1H2,2H3,(H2,21,23,24,25)/t12-/m1/s1. The molecule has 0 aliphatic rings. The summed E-state index contributed by atoms with van der Waals surface area (Å²) in [7, 11) is 0. The van der Waals surface area contributed by atoms with Gasteiger partial charge in [0.05, 0.1) is 0 Å². The number of pyridine rings is 1. The Balaban J connectivity index is 1.79. The fourth-order valence-electron chi connectivity index (χ4n) is 2.59. The number of rotatable bonds is 7. The van der Waals surface area contributed by atoms with Crippen LogP contribution >= 0.6 is 0 Å². The number of hydrogen-bond donors (Lipinski definition) is 3. The third kappa shape index (κ3) is 3.92. The average Bonchev–Trinajstić information content (AvgIpc) is 2.70. The van der Waals surface area contributed by atoms with Gasteiger partial charge in [0.2, 0.25) is 5.91 Å². The second kappa shape index (κ2) is 7.65. The zero-order valence-corrected chi connectivity index (χ0v) is 14.7. The topological polar surface area (TPSA) is 100 Å². The van der Waals surface area contributed by atoms with Crippen molar-refractivity contribution in [2.24, 2.45) is 0 Å². The number of nitrogens with zero attached hydrogens (tertiary/aromatic N) is 1. The van der Waals surface area contributed by atoms with Crippen molar-refractivity contribution in [2.45, 2.75) is 13.0 Å². The molecule has 27 heavy (non-hydrogen) atoms. The van der Waals surface area contributed by atoms with E-state index in [9.17, 15) is 14.4 Å². The lowest BCUT2D eigenvalue weighted by Crippen LogP contribution is -2.37. The minimum atomic E-state index is -0.591. The first-order chi connectivity index (χ1) is 13.0. The first-order valence-corrected chi connectivity index (χ1v) is 8.31. The van der Waals surface area contributed by atoms with Crippen LogP contribution in [0.15, 0.2) is 70.9 Å². The lowest BCUT2D eigenvalue weighted by atomic mass is 10.1. The lowest BCUT2D eigenvalue weighted by Gasteiger charge is -2.20. The van der Waals surface area contributed by atoms with Gasteiger partial charge in [0, 0.05) is 24.0 Å². The van der Waals surface area contributed by atoms with E-state index in [0.29, 0.717) is 11.5 Å². The Morgan fingerprint density at radius 3 is 2.52 bits per heavy atom. The van der Waals surface area contributed by atoms with Crippen LogP contribution in [-0.4, -0.2) is 10.9 Å². The average molecular weight is 362 g/mol. The molecule has 3 N–H and O–H groups in total. The summed E-state index contributed by atoms with van der Waals surface area (Å²) < 4.78 is 0. The molecule has 0 aliphatic heterocycles. The summed E-state index contributed by atoms with van der Waals surface area (Å²) >= 11 is 0. The van der Waals surface area contributed by atoms with E-state index in [-0.39, 0.29) is 17.4 Å². The van der Waals surface area contributed by atoms with E-state index in [1.165, 1.54) is 6.20 Å². The number of anilines is 4. The second-order valence-corrected chi connectivity index (χ2v) is 5.93. The molecule has 1 amide bonds. The Morgan fingerprint density at radius 1 is 1.11 bits per heavy atom. The molecule has 1 aromatic heterocycles. The largest absolute Gasteiger partial charge is 0.373 e. The van der Waals surface area contributed by atoms with Gasteiger partial charge in [0.1, 0.15) is 17.2 Å². The molecule has 7 heteroatoms. The number of amides is 1. The number of hydrogen-bond acceptors (Lipinski definition) is 6. The zero-order valence-electron chi connectivity index (χ0n) is 14.7. The third-order valence-corrected chi connectivity index (χ3v) is 4.04. The van der Waals surface area contributed by atoms with Crippen LogP contribution in [0, 0.1) is 0 Å². The molecule has 0 bridgehead atoms. The number of carbonyl (C=O) groups excluding carboxylic acids is 1. The van der Waals surface area contributed by atoms with Gasteiger partial charge in [-0.1, -0.05) is 36.9 Å². The van der Waals surface area contributed by atoms with Crippen LogP contribution in [0.2, 0.25) is 0 Å². The van der Waals surface area contributed by atoms with Crippen molar-refractivity contribution in [2.75, 3.05) is 16.0 Å². The van der Waals surface area contributed by atoms with E-state index < -0.39 is 16.8 Å². The minimum Gasteiger partial charge on any atom is -0.373 e. The van der Waals surface area contributed by atoms with Crippen molar-refractivity contribution in [3.8, 4) is 0 Å². The predicted molar refractivity (Wildman–Crippen MR) is 106 cm³/mol. The molecule has 0 radical (unpaired) electrons. The summed E-state index contributed by atoms with van der Waals surface area (Å²) in [4.78, 5) is 39.4. The Morgan fingerprint density at radius 2 is 1.81 bits per heavy atom. The van der Waals surface area contributed by atoms with Crippen LogP contribution in [0.1, 0.15) is 18.5 Å². The highest BCUT2D eigenvalue weighted by Crippen LogP contribution is 2.25. The fourth-order valence-corrected chi connectivity index (χ4v) is 2.59. The quantitative estimate of drug-likeness (QED) is 0.441. The number of carbonyl (C=O) groups is 1. The Labute approximate surface area is 155 Å². The minimum absolute atomic E-state index is 0.144. The Bertz CT molecular complexity index is 1050. The van der Waals surface area contributed by atoms with Crippen LogP contribution in [0.25, 0.3) is 0 Å². The molecule has 0 saturated carbocycles. The molecule has 0 aliphatic carbocycles. The molecule has 0 unspecified atom stereocenters. The summed E-state index contributed by atoms with van der Waals surface area (Å²) in [6, 6.07) is 12.6. The molecule has 7 nitrogen and oxygen atoms in total. The Hall–Kier alpha value is -3.74. The maximum Gasteiger partial charge on any atom is 0.253 e. The summed E-state index contributed by atoms with van der Waals surface area (Å²) in [5.41, 5.74) is 0.794. The molecule has 1 heterocycles. The van der Waals surface area contributed by atoms with Gasteiger partial charge in [0.15, 0.2) is 0 Å². The van der Waals surface area contributed by atoms with Gasteiger partial charge in [-0.15, -0.1) is 0 Å². The van der Waals surface area contributed by atoms with E-state index in [0.717, 1.165) is 11.6 Å². The lowest BCUT2D eigenvalue weighted by molar-refractivity contribution is -0.111. The summed E-state index contributed by atoms with van der Waals surface area (Å²) in [6.45, 7) is 5.29. The van der Waals surface area contributed by atoms with E-state index in [1.807, 2.05) is 37.3 Å². The van der Waals surface area contributed by atoms with Crippen LogP contribution in [0.5, 0.6) is 0 Å². The van der Waals surface area contributed by atoms with E-state index in [4.69, 9.17) is 0 Å². The molecular formula is C20H18N4O3. The number of benzene rings is 1. The number of aromatic nitrogens is 1. The van der Waals surface area contributed by atoms with Crippen molar-refractivity contribution in [1.82, 2.24) is 4.98 Å². The highest BCUT2D eigenvalue weighted by atomic mass is 16.2. The smallest absolute Gasteiger partial charge is 0.253 e. The van der Waals surface area contributed by atoms with Crippen LogP contribution in [-0.2, 0) is 4.79 Å². The molecule has 2 aromatic carbocycles. The predicted octanol–water partition coefficient (Wildman–Crippen LogP) is 2.72. The van der Waals surface area contributed by atoms with Gasteiger partial charge >= 0.3 is 0 Å². The van der Waals surface area contributed by atoms with Gasteiger partial charge < -0.3 is 16.0 Å². The molecule has 136 valence electrons. The van der Waals surface area contributed by atoms with Crippen LogP contribution in [0.4, 0.5) is 22.9 Å². The van der Waals surface area contributed by atoms with Gasteiger partial charge in [0.25, 0.3) is 10.9 Å². The summed E-state index contributed by atoms with van der Waals surface area (Å²) in [6.07, 6.45) is 2.61. The first kappa shape index (κ1) is 18.1. The van der Waals surface area contributed by atoms with Crippen molar-refractivity contribution in [1.29, 1.82) is 0 Å². The molecular weight excluding hydrogens is 344 g/mol. The van der Waals surface area contributed by atoms with Crippen molar-refractivity contribution >= 4 is 28.8 Å². The van der Waals surface area contributed by atoms with E-state index in [1.54, 1.807) is 12.1 Å². The van der Waals surface area contributed by atoms with Crippen molar-refractivity contribution in [3.05, 3.63) is 87.3 Å². The summed E-state index contributed by atoms with van der Waals surface area (Å²) in [5.74, 6) is -0.0939. The molecule has 0 spiro atoms. The van der Waals surface area contributed by atoms with Gasteiger partial charge in [-0.3, -0.25) is 14.4 Å². The van der Waals surface area contributed by atoms with E-state index in [2.05, 4.69) is 27.5 Å². The van der Waals surface area contributed by atoms with Gasteiger partial charge in [-0.05, 0) is 24.6 Å². The van der Waals surface area contributed by atoms with Crippen LogP contribution in [0.3, 0.4) is 0 Å².